The van der Waals surface area contributed by atoms with Crippen LogP contribution >= 0.6 is 0 Å². The number of amides is 2. The molecule has 2 aromatic carbocycles. The van der Waals surface area contributed by atoms with Gasteiger partial charge in [0.2, 0.25) is 11.8 Å². The van der Waals surface area contributed by atoms with Gasteiger partial charge in [-0.2, -0.15) is 0 Å². The second-order valence-corrected chi connectivity index (χ2v) is 10.3. The highest BCUT2D eigenvalue weighted by atomic mass is 16.5. The molecule has 0 saturated carbocycles. The SMILES string of the molecule is CCCCCOc1ccc(/C=C/CCCCOc2ccc(NC(=O)CCCC(=O)N(C)C)cc2CCC(=O)O)cc1. The zero-order valence-corrected chi connectivity index (χ0v) is 24.8. The molecule has 0 saturated heterocycles. The summed E-state index contributed by atoms with van der Waals surface area (Å²) in [4.78, 5) is 36.7. The molecule has 0 radical (unpaired) electrons. The highest BCUT2D eigenvalue weighted by Crippen LogP contribution is 2.25. The first kappa shape index (κ1) is 33.4. The summed E-state index contributed by atoms with van der Waals surface area (Å²) < 4.78 is 11.7. The summed E-state index contributed by atoms with van der Waals surface area (Å²) in [7, 11) is 3.38. The first-order valence-corrected chi connectivity index (χ1v) is 14.7. The fourth-order valence-corrected chi connectivity index (χ4v) is 4.07. The monoisotopic (exact) mass is 566 g/mol. The molecule has 0 unspecified atom stereocenters. The molecular formula is C33H46N2O6. The normalized spacial score (nSPS) is 10.9. The Bertz CT molecular complexity index is 1110. The first-order valence-electron chi connectivity index (χ1n) is 14.7. The lowest BCUT2D eigenvalue weighted by Crippen LogP contribution is -2.21. The minimum atomic E-state index is -0.892. The third-order valence-electron chi connectivity index (χ3n) is 6.48. The van der Waals surface area contributed by atoms with Crippen molar-refractivity contribution in [3.05, 3.63) is 59.7 Å². The van der Waals surface area contributed by atoms with E-state index < -0.39 is 5.97 Å². The number of carboxylic acid groups (broad SMARTS) is 1. The molecule has 2 N–H and O–H groups in total. The molecule has 2 aromatic rings. The Morgan fingerprint density at radius 3 is 2.32 bits per heavy atom. The molecule has 0 bridgehead atoms. The van der Waals surface area contributed by atoms with E-state index in [0.717, 1.165) is 49.2 Å². The van der Waals surface area contributed by atoms with Crippen molar-refractivity contribution in [1.82, 2.24) is 4.90 Å². The van der Waals surface area contributed by atoms with Gasteiger partial charge in [-0.25, -0.2) is 0 Å². The molecule has 0 spiro atoms. The van der Waals surface area contributed by atoms with Gasteiger partial charge in [-0.15, -0.1) is 0 Å². The molecule has 2 amide bonds. The number of hydrogen-bond donors (Lipinski definition) is 2. The summed E-state index contributed by atoms with van der Waals surface area (Å²) in [6, 6.07) is 13.4. The zero-order chi connectivity index (χ0) is 29.9. The standard InChI is InChI=1S/C33H46N2O6/c1-4-5-9-23-40-29-19-15-26(16-20-29)12-8-6-7-10-24-41-30-21-18-28(25-27(30)17-22-33(38)39)34-31(36)13-11-14-32(37)35(2)3/h8,12,15-16,18-21,25H,4-7,9-11,13-14,17,22-24H2,1-3H3,(H,34,36)(H,38,39)/b12-8+. The van der Waals surface area contributed by atoms with Crippen LogP contribution in [0.5, 0.6) is 11.5 Å². The van der Waals surface area contributed by atoms with Crippen LogP contribution in [0.25, 0.3) is 6.08 Å². The highest BCUT2D eigenvalue weighted by molar-refractivity contribution is 5.91. The van der Waals surface area contributed by atoms with Gasteiger partial charge in [0.1, 0.15) is 11.5 Å². The Balaban J connectivity index is 1.77. The molecule has 224 valence electrons. The zero-order valence-electron chi connectivity index (χ0n) is 24.8. The summed E-state index contributed by atoms with van der Waals surface area (Å²) in [5.41, 5.74) is 2.47. The molecule has 0 aliphatic carbocycles. The number of hydrogen-bond acceptors (Lipinski definition) is 5. The number of allylic oxidation sites excluding steroid dienone is 1. The van der Waals surface area contributed by atoms with Crippen molar-refractivity contribution in [2.75, 3.05) is 32.6 Å². The van der Waals surface area contributed by atoms with E-state index in [1.165, 1.54) is 17.7 Å². The van der Waals surface area contributed by atoms with E-state index in [9.17, 15) is 14.4 Å². The predicted octanol–water partition coefficient (Wildman–Crippen LogP) is 6.73. The minimum absolute atomic E-state index is 0.0140. The number of ether oxygens (including phenoxy) is 2. The molecule has 0 fully saturated rings. The van der Waals surface area contributed by atoms with Gasteiger partial charge in [-0.1, -0.05) is 44.1 Å². The van der Waals surface area contributed by atoms with Crippen LogP contribution in [0.3, 0.4) is 0 Å². The number of carbonyl (C=O) groups excluding carboxylic acids is 2. The van der Waals surface area contributed by atoms with Crippen molar-refractivity contribution >= 4 is 29.5 Å². The van der Waals surface area contributed by atoms with Crippen molar-refractivity contribution in [2.45, 2.75) is 77.6 Å². The number of rotatable bonds is 20. The summed E-state index contributed by atoms with van der Waals surface area (Å²) in [6.07, 6.45) is 11.7. The van der Waals surface area contributed by atoms with Gasteiger partial charge in [-0.05, 0) is 80.0 Å². The number of benzene rings is 2. The van der Waals surface area contributed by atoms with Crippen molar-refractivity contribution in [3.8, 4) is 11.5 Å². The van der Waals surface area contributed by atoms with Crippen molar-refractivity contribution in [1.29, 1.82) is 0 Å². The van der Waals surface area contributed by atoms with Gasteiger partial charge in [0.05, 0.1) is 13.2 Å². The van der Waals surface area contributed by atoms with Gasteiger partial charge in [0.25, 0.3) is 0 Å². The molecule has 0 heterocycles. The maximum absolute atomic E-state index is 12.3. The molecular weight excluding hydrogens is 520 g/mol. The summed E-state index contributed by atoms with van der Waals surface area (Å²) in [6.45, 7) is 3.46. The van der Waals surface area contributed by atoms with E-state index in [1.807, 2.05) is 12.1 Å². The van der Waals surface area contributed by atoms with Gasteiger partial charge in [0.15, 0.2) is 0 Å². The first-order chi connectivity index (χ1) is 19.8. The third kappa shape index (κ3) is 14.4. The van der Waals surface area contributed by atoms with Crippen LogP contribution in [0.15, 0.2) is 48.5 Å². The average Bonchev–Trinajstić information content (AvgIpc) is 2.95. The molecule has 41 heavy (non-hydrogen) atoms. The van der Waals surface area contributed by atoms with Crippen LogP contribution in [0.4, 0.5) is 5.69 Å². The molecule has 0 aromatic heterocycles. The smallest absolute Gasteiger partial charge is 0.303 e. The van der Waals surface area contributed by atoms with Crippen LogP contribution in [-0.4, -0.2) is 55.1 Å². The topological polar surface area (TPSA) is 105 Å². The van der Waals surface area contributed by atoms with E-state index >= 15 is 0 Å². The molecule has 0 aliphatic heterocycles. The Morgan fingerprint density at radius 2 is 1.61 bits per heavy atom. The fourth-order valence-electron chi connectivity index (χ4n) is 4.07. The molecule has 8 heteroatoms. The number of aryl methyl sites for hydroxylation is 1. The van der Waals surface area contributed by atoms with Crippen molar-refractivity contribution < 1.29 is 29.0 Å². The van der Waals surface area contributed by atoms with Crippen LogP contribution in [0.1, 0.15) is 82.3 Å². The number of carbonyl (C=O) groups is 3. The van der Waals surface area contributed by atoms with E-state index in [1.54, 1.807) is 32.3 Å². The van der Waals surface area contributed by atoms with Crippen LogP contribution in [-0.2, 0) is 20.8 Å². The van der Waals surface area contributed by atoms with Gasteiger partial charge in [0, 0.05) is 39.0 Å². The molecule has 0 atom stereocenters. The number of nitrogens with zero attached hydrogens (tertiary/aromatic N) is 1. The quantitative estimate of drug-likeness (QED) is 0.172. The number of nitrogens with one attached hydrogen (secondary N) is 1. The van der Waals surface area contributed by atoms with Crippen LogP contribution in [0, 0.1) is 0 Å². The van der Waals surface area contributed by atoms with Crippen LogP contribution < -0.4 is 14.8 Å². The van der Waals surface area contributed by atoms with Crippen LogP contribution in [0.2, 0.25) is 0 Å². The van der Waals surface area contributed by atoms with E-state index in [0.29, 0.717) is 37.3 Å². The maximum atomic E-state index is 12.3. The largest absolute Gasteiger partial charge is 0.494 e. The summed E-state index contributed by atoms with van der Waals surface area (Å²) >= 11 is 0. The Kier molecular flexibility index (Phi) is 15.7. The number of anilines is 1. The predicted molar refractivity (Wildman–Crippen MR) is 163 cm³/mol. The average molecular weight is 567 g/mol. The maximum Gasteiger partial charge on any atom is 0.303 e. The Labute approximate surface area is 244 Å². The lowest BCUT2D eigenvalue weighted by atomic mass is 10.1. The van der Waals surface area contributed by atoms with E-state index in [4.69, 9.17) is 14.6 Å². The third-order valence-corrected chi connectivity index (χ3v) is 6.48. The Morgan fingerprint density at radius 1 is 0.878 bits per heavy atom. The van der Waals surface area contributed by atoms with Crippen molar-refractivity contribution in [3.63, 3.8) is 0 Å². The number of unbranched alkanes of at least 4 members (excludes halogenated alkanes) is 4. The fraction of sp³-hybridized carbons (Fsp3) is 0.485. The molecule has 2 rings (SSSR count). The van der Waals surface area contributed by atoms with E-state index in [-0.39, 0.29) is 24.7 Å². The summed E-state index contributed by atoms with van der Waals surface area (Å²) in [5, 5.41) is 12.0. The number of aliphatic carboxylic acids is 1. The van der Waals surface area contributed by atoms with E-state index in [2.05, 4.69) is 36.5 Å². The minimum Gasteiger partial charge on any atom is -0.494 e. The molecule has 8 nitrogen and oxygen atoms in total. The van der Waals surface area contributed by atoms with Crippen molar-refractivity contribution in [2.24, 2.45) is 0 Å². The number of carboxylic acids is 1. The summed E-state index contributed by atoms with van der Waals surface area (Å²) in [5.74, 6) is 0.446. The lowest BCUT2D eigenvalue weighted by Gasteiger charge is -2.14. The second kappa shape index (κ2) is 19.3. The van der Waals surface area contributed by atoms with Gasteiger partial charge in [-0.3, -0.25) is 14.4 Å². The Hall–Kier alpha value is -3.81. The molecule has 0 aliphatic rings. The lowest BCUT2D eigenvalue weighted by molar-refractivity contribution is -0.137. The van der Waals surface area contributed by atoms with Gasteiger partial charge >= 0.3 is 5.97 Å². The highest BCUT2D eigenvalue weighted by Gasteiger charge is 2.11. The second-order valence-electron chi connectivity index (χ2n) is 10.3. The van der Waals surface area contributed by atoms with Gasteiger partial charge < -0.3 is 24.8 Å².